The van der Waals surface area contributed by atoms with Crippen LogP contribution in [0.4, 0.5) is 5.82 Å². The molecular weight excluding hydrogens is 393 g/mol. The molecule has 0 aromatic carbocycles. The van der Waals surface area contributed by atoms with Crippen molar-refractivity contribution in [2.24, 2.45) is 4.99 Å². The first kappa shape index (κ1) is 19.0. The SMILES string of the molecule is CCCNC(=NC)NCc1cccnc1N1CCOCC1.I. The number of aliphatic imine (C=N–C) groups is 1. The fraction of sp³-hybridized carbons (Fsp3) is 0.600. The molecule has 0 saturated carbocycles. The number of ether oxygens (including phenoxy) is 1. The van der Waals surface area contributed by atoms with Crippen LogP contribution in [-0.2, 0) is 11.3 Å². The second-order valence-electron chi connectivity index (χ2n) is 4.94. The van der Waals surface area contributed by atoms with Gasteiger partial charge in [-0.15, -0.1) is 24.0 Å². The Morgan fingerprint density at radius 2 is 2.14 bits per heavy atom. The molecule has 0 aliphatic carbocycles. The van der Waals surface area contributed by atoms with E-state index in [0.29, 0.717) is 6.54 Å². The third-order valence-corrected chi connectivity index (χ3v) is 3.39. The van der Waals surface area contributed by atoms with Crippen LogP contribution in [0.15, 0.2) is 23.3 Å². The summed E-state index contributed by atoms with van der Waals surface area (Å²) < 4.78 is 5.41. The van der Waals surface area contributed by atoms with E-state index in [1.54, 1.807) is 7.05 Å². The number of morpholine rings is 1. The van der Waals surface area contributed by atoms with E-state index >= 15 is 0 Å². The fourth-order valence-electron chi connectivity index (χ4n) is 2.27. The number of nitrogens with one attached hydrogen (secondary N) is 2. The summed E-state index contributed by atoms with van der Waals surface area (Å²) in [6, 6.07) is 4.08. The highest BCUT2D eigenvalue weighted by molar-refractivity contribution is 14.0. The molecule has 0 atom stereocenters. The van der Waals surface area contributed by atoms with Gasteiger partial charge in [-0.25, -0.2) is 4.98 Å². The van der Waals surface area contributed by atoms with Crippen molar-refractivity contribution < 1.29 is 4.74 Å². The van der Waals surface area contributed by atoms with Crippen molar-refractivity contribution in [3.8, 4) is 0 Å². The molecule has 0 spiro atoms. The van der Waals surface area contributed by atoms with E-state index in [4.69, 9.17) is 4.74 Å². The first-order chi connectivity index (χ1) is 10.3. The van der Waals surface area contributed by atoms with Crippen molar-refractivity contribution in [1.82, 2.24) is 15.6 Å². The van der Waals surface area contributed by atoms with E-state index in [1.165, 1.54) is 5.56 Å². The minimum atomic E-state index is 0. The number of hydrogen-bond acceptors (Lipinski definition) is 4. The topological polar surface area (TPSA) is 61.8 Å². The standard InChI is InChI=1S/C15H25N5O.HI/c1-3-6-18-15(16-2)19-12-13-5-4-7-17-14(13)20-8-10-21-11-9-20;/h4-5,7H,3,6,8-12H2,1-2H3,(H2,16,18,19);1H. The van der Waals surface area contributed by atoms with Crippen LogP contribution in [0.3, 0.4) is 0 Å². The number of guanidine groups is 1. The maximum atomic E-state index is 5.41. The zero-order chi connectivity index (χ0) is 14.9. The molecule has 1 fully saturated rings. The maximum absolute atomic E-state index is 5.41. The molecule has 2 N–H and O–H groups in total. The first-order valence-electron chi connectivity index (χ1n) is 7.56. The smallest absolute Gasteiger partial charge is 0.191 e. The summed E-state index contributed by atoms with van der Waals surface area (Å²) in [5, 5.41) is 6.61. The summed E-state index contributed by atoms with van der Waals surface area (Å²) in [4.78, 5) is 11.0. The van der Waals surface area contributed by atoms with Crippen molar-refractivity contribution in [2.75, 3.05) is 44.8 Å². The van der Waals surface area contributed by atoms with Gasteiger partial charge in [-0.2, -0.15) is 0 Å². The van der Waals surface area contributed by atoms with E-state index in [2.05, 4.69) is 38.5 Å². The molecule has 2 rings (SSSR count). The van der Waals surface area contributed by atoms with Crippen LogP contribution in [0.1, 0.15) is 18.9 Å². The lowest BCUT2D eigenvalue weighted by atomic mass is 10.2. The van der Waals surface area contributed by atoms with Crippen molar-refractivity contribution in [3.63, 3.8) is 0 Å². The van der Waals surface area contributed by atoms with Gasteiger partial charge in [0, 0.05) is 45.0 Å². The molecule has 2 heterocycles. The summed E-state index contributed by atoms with van der Waals surface area (Å²) in [5.41, 5.74) is 1.18. The highest BCUT2D eigenvalue weighted by Gasteiger charge is 2.15. The Kier molecular flexibility index (Phi) is 9.14. The third-order valence-electron chi connectivity index (χ3n) is 3.39. The van der Waals surface area contributed by atoms with E-state index in [0.717, 1.165) is 51.0 Å². The molecule has 0 amide bonds. The summed E-state index contributed by atoms with van der Waals surface area (Å²) >= 11 is 0. The summed E-state index contributed by atoms with van der Waals surface area (Å²) in [5.74, 6) is 1.87. The normalized spacial score (nSPS) is 15.2. The average Bonchev–Trinajstić information content (AvgIpc) is 2.56. The van der Waals surface area contributed by atoms with Crippen LogP contribution < -0.4 is 15.5 Å². The molecule has 1 aliphatic rings. The molecule has 124 valence electrons. The van der Waals surface area contributed by atoms with Crippen molar-refractivity contribution in [3.05, 3.63) is 23.9 Å². The Balaban J connectivity index is 0.00000242. The number of aromatic nitrogens is 1. The molecule has 0 radical (unpaired) electrons. The summed E-state index contributed by atoms with van der Waals surface area (Å²) in [6.45, 7) is 7.09. The maximum Gasteiger partial charge on any atom is 0.191 e. The van der Waals surface area contributed by atoms with Gasteiger partial charge >= 0.3 is 0 Å². The summed E-state index contributed by atoms with van der Waals surface area (Å²) in [7, 11) is 1.79. The molecule has 1 aromatic heterocycles. The van der Waals surface area contributed by atoms with Gasteiger partial charge in [0.1, 0.15) is 5.82 Å². The summed E-state index contributed by atoms with van der Waals surface area (Å²) in [6.07, 6.45) is 2.92. The van der Waals surface area contributed by atoms with E-state index in [9.17, 15) is 0 Å². The van der Waals surface area contributed by atoms with Gasteiger partial charge in [0.15, 0.2) is 5.96 Å². The van der Waals surface area contributed by atoms with Gasteiger partial charge < -0.3 is 20.3 Å². The number of hydrogen-bond donors (Lipinski definition) is 2. The predicted octanol–water partition coefficient (Wildman–Crippen LogP) is 1.61. The Labute approximate surface area is 149 Å². The Hall–Kier alpha value is -1.09. The van der Waals surface area contributed by atoms with Crippen LogP contribution in [0, 0.1) is 0 Å². The van der Waals surface area contributed by atoms with Crippen LogP contribution in [0.25, 0.3) is 0 Å². The number of rotatable bonds is 5. The second-order valence-corrected chi connectivity index (χ2v) is 4.94. The van der Waals surface area contributed by atoms with E-state index in [-0.39, 0.29) is 24.0 Å². The van der Waals surface area contributed by atoms with Gasteiger partial charge in [-0.3, -0.25) is 4.99 Å². The molecule has 22 heavy (non-hydrogen) atoms. The number of nitrogens with zero attached hydrogens (tertiary/aromatic N) is 3. The predicted molar refractivity (Wildman–Crippen MR) is 101 cm³/mol. The highest BCUT2D eigenvalue weighted by Crippen LogP contribution is 2.18. The zero-order valence-corrected chi connectivity index (χ0v) is 15.7. The first-order valence-corrected chi connectivity index (χ1v) is 7.56. The molecular formula is C15H26IN5O. The van der Waals surface area contributed by atoms with Gasteiger partial charge in [-0.1, -0.05) is 13.0 Å². The minimum Gasteiger partial charge on any atom is -0.378 e. The lowest BCUT2D eigenvalue weighted by molar-refractivity contribution is 0.122. The Morgan fingerprint density at radius 3 is 2.82 bits per heavy atom. The minimum absolute atomic E-state index is 0. The van der Waals surface area contributed by atoms with Crippen molar-refractivity contribution in [2.45, 2.75) is 19.9 Å². The van der Waals surface area contributed by atoms with Gasteiger partial charge in [0.05, 0.1) is 13.2 Å². The Morgan fingerprint density at radius 1 is 1.36 bits per heavy atom. The van der Waals surface area contributed by atoms with Crippen LogP contribution in [0.2, 0.25) is 0 Å². The van der Waals surface area contributed by atoms with Gasteiger partial charge in [0.25, 0.3) is 0 Å². The van der Waals surface area contributed by atoms with Crippen LogP contribution in [-0.4, -0.2) is 50.8 Å². The van der Waals surface area contributed by atoms with E-state index < -0.39 is 0 Å². The molecule has 1 aliphatic heterocycles. The van der Waals surface area contributed by atoms with Crippen molar-refractivity contribution >= 4 is 35.8 Å². The lowest BCUT2D eigenvalue weighted by Crippen LogP contribution is -2.39. The lowest BCUT2D eigenvalue weighted by Gasteiger charge is -2.29. The quantitative estimate of drug-likeness (QED) is 0.432. The van der Waals surface area contributed by atoms with Crippen LogP contribution in [0.5, 0.6) is 0 Å². The second kappa shape index (κ2) is 10.6. The number of anilines is 1. The average molecular weight is 419 g/mol. The fourth-order valence-corrected chi connectivity index (χ4v) is 2.27. The zero-order valence-electron chi connectivity index (χ0n) is 13.3. The third kappa shape index (κ3) is 5.60. The molecule has 7 heteroatoms. The monoisotopic (exact) mass is 419 g/mol. The number of pyridine rings is 1. The molecule has 1 saturated heterocycles. The Bertz CT molecular complexity index is 463. The van der Waals surface area contributed by atoms with E-state index in [1.807, 2.05) is 12.3 Å². The molecule has 1 aromatic rings. The molecule has 0 unspecified atom stereocenters. The van der Waals surface area contributed by atoms with Gasteiger partial charge in [0.2, 0.25) is 0 Å². The van der Waals surface area contributed by atoms with Crippen LogP contribution >= 0.6 is 24.0 Å². The highest BCUT2D eigenvalue weighted by atomic mass is 127. The molecule has 0 bridgehead atoms. The number of halogens is 1. The van der Waals surface area contributed by atoms with Gasteiger partial charge in [-0.05, 0) is 12.5 Å². The molecule has 6 nitrogen and oxygen atoms in total. The van der Waals surface area contributed by atoms with Crippen molar-refractivity contribution in [1.29, 1.82) is 0 Å². The largest absolute Gasteiger partial charge is 0.378 e.